The molecule has 6 heteroatoms. The Balaban J connectivity index is 1.78. The van der Waals surface area contributed by atoms with Crippen LogP contribution in [-0.2, 0) is 16.2 Å². The van der Waals surface area contributed by atoms with Crippen molar-refractivity contribution < 1.29 is 14.3 Å². The molecule has 0 fully saturated rings. The zero-order chi connectivity index (χ0) is 18.8. The minimum atomic E-state index is -0.670. The molecule has 0 unspecified atom stereocenters. The molecule has 2 aromatic carbocycles. The van der Waals surface area contributed by atoms with E-state index in [1.54, 1.807) is 24.3 Å². The number of hydrogen-bond acceptors (Lipinski definition) is 3. The summed E-state index contributed by atoms with van der Waals surface area (Å²) >= 11 is 5.85. The van der Waals surface area contributed by atoms with Crippen molar-refractivity contribution in [3.05, 3.63) is 59.1 Å². The van der Waals surface area contributed by atoms with E-state index in [0.29, 0.717) is 29.6 Å². The molecule has 26 heavy (non-hydrogen) atoms. The monoisotopic (exact) mass is 374 g/mol. The molecule has 0 aromatic heterocycles. The number of nitrogens with one attached hydrogen (secondary N) is 2. The minimum absolute atomic E-state index is 0.420. The zero-order valence-electron chi connectivity index (χ0n) is 14.8. The highest BCUT2D eigenvalue weighted by atomic mass is 35.5. The third kappa shape index (κ3) is 6.76. The fraction of sp³-hybridized carbons (Fsp3) is 0.300. The molecule has 0 saturated heterocycles. The molecule has 0 spiro atoms. The van der Waals surface area contributed by atoms with Crippen LogP contribution in [-0.4, -0.2) is 18.4 Å². The summed E-state index contributed by atoms with van der Waals surface area (Å²) in [7, 11) is 0. The maximum Gasteiger partial charge on any atom is 0.313 e. The van der Waals surface area contributed by atoms with Gasteiger partial charge in [0, 0.05) is 17.3 Å². The van der Waals surface area contributed by atoms with Crippen LogP contribution in [0, 0.1) is 0 Å². The minimum Gasteiger partial charge on any atom is -0.489 e. The second-order valence-electron chi connectivity index (χ2n) is 5.86. The topological polar surface area (TPSA) is 67.4 Å². The molecule has 138 valence electrons. The van der Waals surface area contributed by atoms with E-state index in [2.05, 4.69) is 17.6 Å². The average molecular weight is 375 g/mol. The van der Waals surface area contributed by atoms with Crippen LogP contribution in [0.1, 0.15) is 31.7 Å². The number of hydrogen-bond donors (Lipinski definition) is 2. The van der Waals surface area contributed by atoms with Gasteiger partial charge >= 0.3 is 11.8 Å². The highest BCUT2D eigenvalue weighted by molar-refractivity contribution is 6.39. The molecule has 0 aliphatic carbocycles. The van der Waals surface area contributed by atoms with Gasteiger partial charge in [0.15, 0.2) is 0 Å². The third-order valence-electron chi connectivity index (χ3n) is 3.70. The highest BCUT2D eigenvalue weighted by Crippen LogP contribution is 2.18. The van der Waals surface area contributed by atoms with Gasteiger partial charge in [-0.1, -0.05) is 43.5 Å². The van der Waals surface area contributed by atoms with Crippen molar-refractivity contribution in [2.75, 3.05) is 11.9 Å². The fourth-order valence-corrected chi connectivity index (χ4v) is 2.35. The summed E-state index contributed by atoms with van der Waals surface area (Å²) in [6.07, 6.45) is 2.96. The normalized spacial score (nSPS) is 10.2. The van der Waals surface area contributed by atoms with Crippen LogP contribution in [0.3, 0.4) is 0 Å². The summed E-state index contributed by atoms with van der Waals surface area (Å²) in [6, 6.07) is 14.3. The molecule has 2 N–H and O–H groups in total. The number of halogens is 1. The van der Waals surface area contributed by atoms with Crippen LogP contribution < -0.4 is 15.4 Å². The molecule has 0 aliphatic heterocycles. The molecule has 2 amide bonds. The first-order chi connectivity index (χ1) is 12.6. The van der Waals surface area contributed by atoms with E-state index in [1.807, 2.05) is 24.3 Å². The van der Waals surface area contributed by atoms with E-state index in [9.17, 15) is 9.59 Å². The maximum absolute atomic E-state index is 11.8. The van der Waals surface area contributed by atoms with Crippen LogP contribution in [0.5, 0.6) is 5.75 Å². The average Bonchev–Trinajstić information content (AvgIpc) is 2.65. The van der Waals surface area contributed by atoms with Gasteiger partial charge in [-0.3, -0.25) is 9.59 Å². The Kier molecular flexibility index (Phi) is 7.96. The van der Waals surface area contributed by atoms with Crippen molar-refractivity contribution in [1.29, 1.82) is 0 Å². The second kappa shape index (κ2) is 10.5. The summed E-state index contributed by atoms with van der Waals surface area (Å²) in [6.45, 7) is 3.01. The molecular formula is C20H23ClN2O3. The molecule has 2 aromatic rings. The number of unbranched alkanes of at least 4 members (excludes halogenated alkanes) is 2. The smallest absolute Gasteiger partial charge is 0.313 e. The van der Waals surface area contributed by atoms with Gasteiger partial charge < -0.3 is 15.4 Å². The van der Waals surface area contributed by atoms with E-state index in [0.717, 1.165) is 24.8 Å². The molecule has 0 saturated carbocycles. The lowest BCUT2D eigenvalue weighted by molar-refractivity contribution is -0.136. The van der Waals surface area contributed by atoms with Gasteiger partial charge in [0.25, 0.3) is 0 Å². The van der Waals surface area contributed by atoms with Gasteiger partial charge in [0.1, 0.15) is 12.4 Å². The largest absolute Gasteiger partial charge is 0.489 e. The Bertz CT molecular complexity index is 715. The molecule has 0 radical (unpaired) electrons. The predicted molar refractivity (Wildman–Crippen MR) is 103 cm³/mol. The molecule has 0 bridgehead atoms. The fourth-order valence-electron chi connectivity index (χ4n) is 2.23. The molecule has 0 atom stereocenters. The van der Waals surface area contributed by atoms with Crippen molar-refractivity contribution >= 4 is 29.1 Å². The SMILES string of the molecule is CCCCCNC(=O)C(=O)Nc1ccc(OCc2ccc(Cl)cc2)cc1. The first-order valence-electron chi connectivity index (χ1n) is 8.65. The lowest BCUT2D eigenvalue weighted by Gasteiger charge is -2.09. The van der Waals surface area contributed by atoms with Gasteiger partial charge in [0.05, 0.1) is 0 Å². The number of rotatable bonds is 8. The van der Waals surface area contributed by atoms with Crippen molar-refractivity contribution in [3.63, 3.8) is 0 Å². The Labute approximate surface area is 158 Å². The van der Waals surface area contributed by atoms with Gasteiger partial charge in [0.2, 0.25) is 0 Å². The summed E-state index contributed by atoms with van der Waals surface area (Å²) in [5.41, 5.74) is 1.55. The van der Waals surface area contributed by atoms with E-state index in [-0.39, 0.29) is 0 Å². The maximum atomic E-state index is 11.8. The van der Waals surface area contributed by atoms with E-state index < -0.39 is 11.8 Å². The third-order valence-corrected chi connectivity index (χ3v) is 3.96. The van der Waals surface area contributed by atoms with Gasteiger partial charge in [-0.15, -0.1) is 0 Å². The van der Waals surface area contributed by atoms with Crippen LogP contribution in [0.2, 0.25) is 5.02 Å². The lowest BCUT2D eigenvalue weighted by atomic mass is 10.2. The van der Waals surface area contributed by atoms with Crippen molar-refractivity contribution in [3.8, 4) is 5.75 Å². The molecule has 0 heterocycles. The van der Waals surface area contributed by atoms with Gasteiger partial charge in [-0.25, -0.2) is 0 Å². The number of benzene rings is 2. The van der Waals surface area contributed by atoms with Gasteiger partial charge in [-0.05, 0) is 48.4 Å². The number of carbonyl (C=O) groups excluding carboxylic acids is 2. The Morgan fingerprint density at radius 1 is 0.962 bits per heavy atom. The molecule has 0 aliphatic rings. The zero-order valence-corrected chi connectivity index (χ0v) is 15.5. The Morgan fingerprint density at radius 3 is 2.31 bits per heavy atom. The standard InChI is InChI=1S/C20H23ClN2O3/c1-2-3-4-13-22-19(24)20(25)23-17-9-11-18(12-10-17)26-14-15-5-7-16(21)8-6-15/h5-12H,2-4,13-14H2,1H3,(H,22,24)(H,23,25). The van der Waals surface area contributed by atoms with Crippen LogP contribution in [0.4, 0.5) is 5.69 Å². The van der Waals surface area contributed by atoms with Crippen LogP contribution in [0.15, 0.2) is 48.5 Å². The highest BCUT2D eigenvalue weighted by Gasteiger charge is 2.12. The van der Waals surface area contributed by atoms with E-state index >= 15 is 0 Å². The molecule has 5 nitrogen and oxygen atoms in total. The first-order valence-corrected chi connectivity index (χ1v) is 9.02. The molecule has 2 rings (SSSR count). The summed E-state index contributed by atoms with van der Waals surface area (Å²) in [4.78, 5) is 23.5. The number of anilines is 1. The van der Waals surface area contributed by atoms with E-state index in [1.165, 1.54) is 0 Å². The Morgan fingerprint density at radius 2 is 1.65 bits per heavy atom. The first kappa shape index (κ1) is 19.8. The lowest BCUT2D eigenvalue weighted by Crippen LogP contribution is -2.35. The number of amides is 2. The number of ether oxygens (including phenoxy) is 1. The summed E-state index contributed by atoms with van der Waals surface area (Å²) in [5, 5.41) is 5.86. The summed E-state index contributed by atoms with van der Waals surface area (Å²) < 4.78 is 5.68. The van der Waals surface area contributed by atoms with Crippen molar-refractivity contribution in [1.82, 2.24) is 5.32 Å². The van der Waals surface area contributed by atoms with Crippen LogP contribution >= 0.6 is 11.6 Å². The predicted octanol–water partition coefficient (Wildman–Crippen LogP) is 4.16. The number of carbonyl (C=O) groups is 2. The quantitative estimate of drug-likeness (QED) is 0.538. The van der Waals surface area contributed by atoms with Crippen molar-refractivity contribution in [2.45, 2.75) is 32.8 Å². The summed E-state index contributed by atoms with van der Waals surface area (Å²) in [5.74, 6) is -0.623. The van der Waals surface area contributed by atoms with Crippen LogP contribution in [0.25, 0.3) is 0 Å². The van der Waals surface area contributed by atoms with Gasteiger partial charge in [-0.2, -0.15) is 0 Å². The van der Waals surface area contributed by atoms with Crippen molar-refractivity contribution in [2.24, 2.45) is 0 Å². The Hall–Kier alpha value is -2.53. The molecular weight excluding hydrogens is 352 g/mol. The second-order valence-corrected chi connectivity index (χ2v) is 6.29. The van der Waals surface area contributed by atoms with E-state index in [4.69, 9.17) is 16.3 Å².